The molecule has 0 amide bonds. The first-order valence-corrected chi connectivity index (χ1v) is 13.2. The maximum absolute atomic E-state index is 12.4. The fourth-order valence-electron chi connectivity index (χ4n) is 5.08. The molecule has 3 atom stereocenters. The SMILES string of the molecule is COCCS(=O)(=O)N1CCC(Nc2ncc3c(n2)N([C@H]2CCC[C@]2(C)O)C(O)C(C)=C3)CC1. The van der Waals surface area contributed by atoms with Crippen LogP contribution in [0.2, 0.25) is 0 Å². The maximum Gasteiger partial charge on any atom is 0.224 e. The average molecular weight is 482 g/mol. The van der Waals surface area contributed by atoms with Crippen LogP contribution in [-0.2, 0) is 14.8 Å². The molecular formula is C22H35N5O5S. The molecule has 3 N–H and O–H groups in total. The van der Waals surface area contributed by atoms with Crippen LogP contribution in [0.15, 0.2) is 11.8 Å². The zero-order valence-electron chi connectivity index (χ0n) is 19.6. The van der Waals surface area contributed by atoms with E-state index in [9.17, 15) is 18.6 Å². The van der Waals surface area contributed by atoms with Gasteiger partial charge in [-0.1, -0.05) is 0 Å². The second kappa shape index (κ2) is 9.46. The van der Waals surface area contributed by atoms with Crippen molar-refractivity contribution in [3.8, 4) is 0 Å². The first kappa shape index (κ1) is 24.3. The molecule has 0 radical (unpaired) electrons. The van der Waals surface area contributed by atoms with Gasteiger partial charge in [-0.05, 0) is 57.6 Å². The van der Waals surface area contributed by atoms with Crippen LogP contribution in [0, 0.1) is 0 Å². The van der Waals surface area contributed by atoms with Crippen LogP contribution in [0.4, 0.5) is 11.8 Å². The number of hydrogen-bond donors (Lipinski definition) is 3. The predicted octanol–water partition coefficient (Wildman–Crippen LogP) is 1.17. The monoisotopic (exact) mass is 481 g/mol. The molecule has 2 fully saturated rings. The van der Waals surface area contributed by atoms with Crippen molar-refractivity contribution in [3.63, 3.8) is 0 Å². The van der Waals surface area contributed by atoms with E-state index in [4.69, 9.17) is 9.72 Å². The third-order valence-corrected chi connectivity index (χ3v) is 8.87. The summed E-state index contributed by atoms with van der Waals surface area (Å²) in [7, 11) is -1.81. The van der Waals surface area contributed by atoms with Gasteiger partial charge in [-0.3, -0.25) is 0 Å². The molecule has 33 heavy (non-hydrogen) atoms. The molecule has 1 saturated heterocycles. The van der Waals surface area contributed by atoms with Crippen LogP contribution in [-0.4, -0.2) is 89.4 Å². The molecular weight excluding hydrogens is 446 g/mol. The Morgan fingerprint density at radius 2 is 2.03 bits per heavy atom. The van der Waals surface area contributed by atoms with E-state index in [1.807, 2.05) is 24.8 Å². The number of nitrogens with zero attached hydrogens (tertiary/aromatic N) is 4. The van der Waals surface area contributed by atoms with Gasteiger partial charge < -0.3 is 25.2 Å². The van der Waals surface area contributed by atoms with Crippen molar-refractivity contribution < 1.29 is 23.4 Å². The Hall–Kier alpha value is -1.79. The van der Waals surface area contributed by atoms with Crippen molar-refractivity contribution in [1.29, 1.82) is 0 Å². The lowest BCUT2D eigenvalue weighted by Gasteiger charge is -2.43. The molecule has 10 nitrogen and oxygen atoms in total. The number of ether oxygens (including phenoxy) is 1. The molecule has 0 bridgehead atoms. The number of aromatic nitrogens is 2. The Morgan fingerprint density at radius 1 is 1.30 bits per heavy atom. The first-order valence-electron chi connectivity index (χ1n) is 11.6. The van der Waals surface area contributed by atoms with Gasteiger partial charge in [-0.15, -0.1) is 0 Å². The minimum Gasteiger partial charge on any atom is -0.388 e. The number of fused-ring (bicyclic) bond motifs is 1. The topological polar surface area (TPSA) is 128 Å². The van der Waals surface area contributed by atoms with E-state index in [0.29, 0.717) is 44.1 Å². The first-order chi connectivity index (χ1) is 15.6. The van der Waals surface area contributed by atoms with E-state index >= 15 is 0 Å². The highest BCUT2D eigenvalue weighted by Gasteiger charge is 2.45. The summed E-state index contributed by atoms with van der Waals surface area (Å²) < 4.78 is 31.2. The number of methoxy groups -OCH3 is 1. The lowest BCUT2D eigenvalue weighted by atomic mass is 9.95. The zero-order valence-corrected chi connectivity index (χ0v) is 20.4. The standard InChI is InChI=1S/C22H35N5O5S/c1-15-13-16-14-23-21(24-17-6-9-26(10-7-17)33(30,31)12-11-32-3)25-19(16)27(20(15)28)18-5-4-8-22(18,2)29/h13-14,17-18,20,28-29H,4-12H2,1-3H3,(H,23,24,25)/t18-,20?,22-/m0/s1. The summed E-state index contributed by atoms with van der Waals surface area (Å²) in [6.45, 7) is 4.75. The summed E-state index contributed by atoms with van der Waals surface area (Å²) in [5.74, 6) is 1.04. The Labute approximate surface area is 195 Å². The molecule has 0 spiro atoms. The van der Waals surface area contributed by atoms with Gasteiger partial charge in [-0.2, -0.15) is 4.98 Å². The van der Waals surface area contributed by atoms with E-state index in [0.717, 1.165) is 24.0 Å². The third-order valence-electron chi connectivity index (χ3n) is 7.03. The molecule has 3 aliphatic rings. The second-order valence-electron chi connectivity index (χ2n) is 9.53. The summed E-state index contributed by atoms with van der Waals surface area (Å²) in [5, 5.41) is 25.2. The Morgan fingerprint density at radius 3 is 2.67 bits per heavy atom. The fourth-order valence-corrected chi connectivity index (χ4v) is 6.48. The number of aliphatic hydroxyl groups excluding tert-OH is 1. The molecule has 3 heterocycles. The van der Waals surface area contributed by atoms with E-state index < -0.39 is 21.9 Å². The maximum atomic E-state index is 12.4. The van der Waals surface area contributed by atoms with E-state index in [-0.39, 0.29) is 24.4 Å². The van der Waals surface area contributed by atoms with E-state index in [1.54, 1.807) is 6.20 Å². The summed E-state index contributed by atoms with van der Waals surface area (Å²) in [5.41, 5.74) is 0.692. The lowest BCUT2D eigenvalue weighted by Crippen LogP contribution is -2.54. The number of hydrogen-bond acceptors (Lipinski definition) is 9. The van der Waals surface area contributed by atoms with Gasteiger partial charge in [0.05, 0.1) is 24.0 Å². The molecule has 1 saturated carbocycles. The van der Waals surface area contributed by atoms with Crippen LogP contribution in [0.1, 0.15) is 51.5 Å². The highest BCUT2D eigenvalue weighted by atomic mass is 32.2. The number of rotatable bonds is 7. The third kappa shape index (κ3) is 5.02. The van der Waals surface area contributed by atoms with Gasteiger partial charge in [0, 0.05) is 38.0 Å². The van der Waals surface area contributed by atoms with Crippen LogP contribution in [0.25, 0.3) is 6.08 Å². The van der Waals surface area contributed by atoms with Crippen LogP contribution >= 0.6 is 0 Å². The lowest BCUT2D eigenvalue weighted by molar-refractivity contribution is 0.0351. The summed E-state index contributed by atoms with van der Waals surface area (Å²) in [4.78, 5) is 11.0. The largest absolute Gasteiger partial charge is 0.388 e. The van der Waals surface area contributed by atoms with Crippen molar-refractivity contribution in [2.45, 2.75) is 69.9 Å². The van der Waals surface area contributed by atoms with Crippen molar-refractivity contribution in [2.24, 2.45) is 0 Å². The summed E-state index contributed by atoms with van der Waals surface area (Å²) in [6, 6.07) is -0.191. The normalized spacial score (nSPS) is 29.1. The quantitative estimate of drug-likeness (QED) is 0.526. The van der Waals surface area contributed by atoms with Crippen molar-refractivity contribution in [3.05, 3.63) is 17.3 Å². The van der Waals surface area contributed by atoms with Crippen molar-refractivity contribution in [2.75, 3.05) is 42.8 Å². The minimum absolute atomic E-state index is 0.00837. The molecule has 184 valence electrons. The molecule has 11 heteroatoms. The molecule has 1 aliphatic carbocycles. The van der Waals surface area contributed by atoms with Gasteiger partial charge in [0.2, 0.25) is 16.0 Å². The fraction of sp³-hybridized carbons (Fsp3) is 0.727. The molecule has 1 aromatic heterocycles. The van der Waals surface area contributed by atoms with Crippen molar-refractivity contribution in [1.82, 2.24) is 14.3 Å². The van der Waals surface area contributed by atoms with Gasteiger partial charge in [0.15, 0.2) is 6.23 Å². The molecule has 0 aromatic carbocycles. The van der Waals surface area contributed by atoms with Gasteiger partial charge in [0.1, 0.15) is 5.82 Å². The Bertz CT molecular complexity index is 991. The van der Waals surface area contributed by atoms with E-state index in [1.165, 1.54) is 11.4 Å². The second-order valence-corrected chi connectivity index (χ2v) is 11.6. The number of anilines is 2. The molecule has 2 aliphatic heterocycles. The van der Waals surface area contributed by atoms with Gasteiger partial charge in [0.25, 0.3) is 0 Å². The number of aliphatic hydroxyl groups is 2. The minimum atomic E-state index is -3.31. The van der Waals surface area contributed by atoms with Crippen LogP contribution in [0.5, 0.6) is 0 Å². The Balaban J connectivity index is 1.48. The Kier molecular flexibility index (Phi) is 6.97. The number of nitrogens with one attached hydrogen (secondary N) is 1. The predicted molar refractivity (Wildman–Crippen MR) is 126 cm³/mol. The number of piperidine rings is 1. The molecule has 4 rings (SSSR count). The highest BCUT2D eigenvalue weighted by molar-refractivity contribution is 7.89. The summed E-state index contributed by atoms with van der Waals surface area (Å²) in [6.07, 6.45) is 6.41. The van der Waals surface area contributed by atoms with Crippen LogP contribution in [0.3, 0.4) is 0 Å². The molecule has 1 aromatic rings. The van der Waals surface area contributed by atoms with Gasteiger partial charge in [-0.25, -0.2) is 17.7 Å². The highest BCUT2D eigenvalue weighted by Crippen LogP contribution is 2.41. The smallest absolute Gasteiger partial charge is 0.224 e. The average Bonchev–Trinajstić information content (AvgIpc) is 3.12. The van der Waals surface area contributed by atoms with E-state index in [2.05, 4.69) is 10.3 Å². The number of sulfonamides is 1. The van der Waals surface area contributed by atoms with Crippen molar-refractivity contribution >= 4 is 27.9 Å². The molecule has 1 unspecified atom stereocenters. The summed E-state index contributed by atoms with van der Waals surface area (Å²) >= 11 is 0. The van der Waals surface area contributed by atoms with Gasteiger partial charge >= 0.3 is 0 Å². The zero-order chi connectivity index (χ0) is 23.8. The van der Waals surface area contributed by atoms with Crippen LogP contribution < -0.4 is 10.2 Å².